The molecular weight excluding hydrogens is 166 g/mol. The fourth-order valence-electron chi connectivity index (χ4n) is 1.69. The summed E-state index contributed by atoms with van der Waals surface area (Å²) in [5.41, 5.74) is -1.71. The Morgan fingerprint density at radius 2 is 2.08 bits per heavy atom. The van der Waals surface area contributed by atoms with E-state index in [-0.39, 0.29) is 12.5 Å². The fraction of sp³-hybridized carbons (Fsp3) is 0.900. The quantitative estimate of drug-likeness (QED) is 0.715. The van der Waals surface area contributed by atoms with E-state index < -0.39 is 11.0 Å². The second kappa shape index (κ2) is 3.28. The maximum Gasteiger partial charge on any atom is 0.109 e. The number of hydrogen-bond acceptors (Lipinski definition) is 3. The molecule has 1 saturated carbocycles. The van der Waals surface area contributed by atoms with Crippen molar-refractivity contribution in [1.29, 1.82) is 5.26 Å². The molecule has 3 heteroatoms. The van der Waals surface area contributed by atoms with Crippen LogP contribution in [-0.2, 0) is 4.74 Å². The number of methoxy groups -OCH3 is 1. The van der Waals surface area contributed by atoms with Crippen molar-refractivity contribution in [3.63, 3.8) is 0 Å². The zero-order valence-electron chi connectivity index (χ0n) is 8.50. The monoisotopic (exact) mass is 183 g/mol. The van der Waals surface area contributed by atoms with Gasteiger partial charge in [-0.05, 0) is 32.6 Å². The van der Waals surface area contributed by atoms with Gasteiger partial charge >= 0.3 is 0 Å². The zero-order chi connectivity index (χ0) is 10.1. The molecule has 0 aliphatic heterocycles. The third-order valence-electron chi connectivity index (χ3n) is 2.98. The third-order valence-corrected chi connectivity index (χ3v) is 2.98. The van der Waals surface area contributed by atoms with Gasteiger partial charge in [0.15, 0.2) is 0 Å². The Bertz CT molecular complexity index is 228. The predicted molar refractivity (Wildman–Crippen MR) is 48.9 cm³/mol. The van der Waals surface area contributed by atoms with Crippen LogP contribution in [0.1, 0.15) is 26.7 Å². The summed E-state index contributed by atoms with van der Waals surface area (Å²) < 4.78 is 5.00. The maximum atomic E-state index is 10.3. The lowest BCUT2D eigenvalue weighted by Gasteiger charge is -2.37. The minimum atomic E-state index is -0.976. The van der Waals surface area contributed by atoms with Gasteiger partial charge in [0.1, 0.15) is 5.60 Å². The van der Waals surface area contributed by atoms with Crippen LogP contribution < -0.4 is 0 Å². The SMILES string of the molecule is COCC(O)(C1CC1)C(C)(C)C#N. The van der Waals surface area contributed by atoms with Crippen molar-refractivity contribution in [2.24, 2.45) is 11.3 Å². The standard InChI is InChI=1S/C10H17NO2/c1-9(2,6-11)10(12,7-13-3)8-4-5-8/h8,12H,4-5,7H2,1-3H3. The van der Waals surface area contributed by atoms with E-state index in [0.29, 0.717) is 0 Å². The second-order valence-electron chi connectivity index (χ2n) is 4.37. The molecule has 0 heterocycles. The Kier molecular flexibility index (Phi) is 2.65. The van der Waals surface area contributed by atoms with Gasteiger partial charge in [0.05, 0.1) is 18.1 Å². The van der Waals surface area contributed by atoms with Gasteiger partial charge in [0.2, 0.25) is 0 Å². The molecule has 1 unspecified atom stereocenters. The van der Waals surface area contributed by atoms with E-state index >= 15 is 0 Å². The first-order valence-electron chi connectivity index (χ1n) is 4.60. The lowest BCUT2D eigenvalue weighted by molar-refractivity contribution is -0.106. The summed E-state index contributed by atoms with van der Waals surface area (Å²) in [7, 11) is 1.56. The molecule has 0 bridgehead atoms. The van der Waals surface area contributed by atoms with Gasteiger partial charge in [-0.25, -0.2) is 0 Å². The van der Waals surface area contributed by atoms with Crippen LogP contribution in [0.4, 0.5) is 0 Å². The molecule has 0 aromatic heterocycles. The lowest BCUT2D eigenvalue weighted by Crippen LogP contribution is -2.49. The van der Waals surface area contributed by atoms with Crippen LogP contribution in [0.25, 0.3) is 0 Å². The molecule has 0 amide bonds. The van der Waals surface area contributed by atoms with Crippen molar-refractivity contribution in [1.82, 2.24) is 0 Å². The summed E-state index contributed by atoms with van der Waals surface area (Å²) >= 11 is 0. The molecule has 1 aliphatic carbocycles. The first kappa shape index (κ1) is 10.5. The molecule has 1 rings (SSSR count). The minimum absolute atomic E-state index is 0.238. The molecule has 1 aliphatic rings. The van der Waals surface area contributed by atoms with Crippen molar-refractivity contribution < 1.29 is 9.84 Å². The van der Waals surface area contributed by atoms with E-state index in [1.807, 2.05) is 0 Å². The van der Waals surface area contributed by atoms with Gasteiger partial charge in [-0.1, -0.05) is 0 Å². The van der Waals surface area contributed by atoms with Crippen molar-refractivity contribution in [3.05, 3.63) is 0 Å². The number of rotatable bonds is 4. The Morgan fingerprint density at radius 3 is 2.38 bits per heavy atom. The summed E-state index contributed by atoms with van der Waals surface area (Å²) in [5.74, 6) is 0.238. The average Bonchev–Trinajstić information content (AvgIpc) is 2.87. The van der Waals surface area contributed by atoms with E-state index in [1.165, 1.54) is 0 Å². The highest BCUT2D eigenvalue weighted by molar-refractivity contribution is 5.12. The van der Waals surface area contributed by atoms with Gasteiger partial charge in [0.25, 0.3) is 0 Å². The van der Waals surface area contributed by atoms with Crippen LogP contribution in [0.2, 0.25) is 0 Å². The molecular formula is C10H17NO2. The van der Waals surface area contributed by atoms with Crippen LogP contribution in [0.15, 0.2) is 0 Å². The number of nitriles is 1. The third kappa shape index (κ3) is 1.70. The highest BCUT2D eigenvalue weighted by Gasteiger charge is 2.54. The number of ether oxygens (including phenoxy) is 1. The fourth-order valence-corrected chi connectivity index (χ4v) is 1.69. The van der Waals surface area contributed by atoms with Crippen LogP contribution in [0.5, 0.6) is 0 Å². The molecule has 1 fully saturated rings. The Hall–Kier alpha value is -0.590. The summed E-state index contributed by atoms with van der Waals surface area (Å²) in [6.45, 7) is 3.78. The van der Waals surface area contributed by atoms with E-state index in [2.05, 4.69) is 6.07 Å². The largest absolute Gasteiger partial charge is 0.386 e. The number of aliphatic hydroxyl groups is 1. The molecule has 74 valence electrons. The molecule has 0 radical (unpaired) electrons. The summed E-state index contributed by atoms with van der Waals surface area (Å²) in [4.78, 5) is 0. The second-order valence-corrected chi connectivity index (χ2v) is 4.37. The molecule has 0 saturated heterocycles. The first-order chi connectivity index (χ1) is 5.98. The van der Waals surface area contributed by atoms with Gasteiger partial charge in [-0.2, -0.15) is 5.26 Å². The van der Waals surface area contributed by atoms with Crippen LogP contribution in [0, 0.1) is 22.7 Å². The summed E-state index contributed by atoms with van der Waals surface area (Å²) in [6.07, 6.45) is 2.01. The lowest BCUT2D eigenvalue weighted by atomic mass is 9.73. The Balaban J connectivity index is 2.84. The van der Waals surface area contributed by atoms with Crippen molar-refractivity contribution >= 4 is 0 Å². The van der Waals surface area contributed by atoms with E-state index in [0.717, 1.165) is 12.8 Å². The maximum absolute atomic E-state index is 10.3. The van der Waals surface area contributed by atoms with Crippen molar-refractivity contribution in [2.45, 2.75) is 32.3 Å². The van der Waals surface area contributed by atoms with Crippen molar-refractivity contribution in [3.8, 4) is 6.07 Å². The van der Waals surface area contributed by atoms with Crippen LogP contribution in [0.3, 0.4) is 0 Å². The number of hydrogen-bond donors (Lipinski definition) is 1. The van der Waals surface area contributed by atoms with Crippen LogP contribution in [-0.4, -0.2) is 24.4 Å². The minimum Gasteiger partial charge on any atom is -0.386 e. The van der Waals surface area contributed by atoms with Crippen LogP contribution >= 0.6 is 0 Å². The predicted octanol–water partition coefficient (Wildman–Crippen LogP) is 1.32. The Morgan fingerprint density at radius 1 is 1.54 bits per heavy atom. The molecule has 1 N–H and O–H groups in total. The van der Waals surface area contributed by atoms with Crippen molar-refractivity contribution in [2.75, 3.05) is 13.7 Å². The summed E-state index contributed by atoms with van der Waals surface area (Å²) in [6, 6.07) is 2.16. The van der Waals surface area contributed by atoms with Gasteiger partial charge in [-0.15, -0.1) is 0 Å². The zero-order valence-corrected chi connectivity index (χ0v) is 8.50. The highest BCUT2D eigenvalue weighted by Crippen LogP contribution is 2.48. The molecule has 3 nitrogen and oxygen atoms in total. The van der Waals surface area contributed by atoms with E-state index in [9.17, 15) is 5.11 Å². The highest BCUT2D eigenvalue weighted by atomic mass is 16.5. The molecule has 13 heavy (non-hydrogen) atoms. The van der Waals surface area contributed by atoms with Gasteiger partial charge in [0, 0.05) is 7.11 Å². The van der Waals surface area contributed by atoms with Gasteiger partial charge < -0.3 is 9.84 Å². The first-order valence-corrected chi connectivity index (χ1v) is 4.60. The molecule has 0 aromatic rings. The van der Waals surface area contributed by atoms with E-state index in [4.69, 9.17) is 10.00 Å². The normalized spacial score (nSPS) is 22.1. The smallest absolute Gasteiger partial charge is 0.109 e. The molecule has 0 spiro atoms. The summed E-state index contributed by atoms with van der Waals surface area (Å²) in [5, 5.41) is 19.3. The average molecular weight is 183 g/mol. The molecule has 0 aromatic carbocycles. The Labute approximate surface area is 79.3 Å². The van der Waals surface area contributed by atoms with Gasteiger partial charge in [-0.3, -0.25) is 0 Å². The molecule has 1 atom stereocenters. The topological polar surface area (TPSA) is 53.2 Å². The van der Waals surface area contributed by atoms with E-state index in [1.54, 1.807) is 21.0 Å². The number of nitrogens with zero attached hydrogens (tertiary/aromatic N) is 1.